The number of fused-ring (bicyclic) bond motifs is 2. The first-order valence-corrected chi connectivity index (χ1v) is 26.6. The monoisotopic (exact) mass is 796 g/mol. The fourth-order valence-electron chi connectivity index (χ4n) is 6.78. The van der Waals surface area contributed by atoms with E-state index in [9.17, 15) is 0 Å². The Morgan fingerprint density at radius 2 is 0.900 bits per heavy atom. The van der Waals surface area contributed by atoms with E-state index in [4.69, 9.17) is 17.0 Å². The first kappa shape index (κ1) is 42.2. The van der Waals surface area contributed by atoms with Crippen LogP contribution in [0.5, 0.6) is 0 Å². The van der Waals surface area contributed by atoms with Crippen LogP contribution < -0.4 is 0 Å². The van der Waals surface area contributed by atoms with E-state index in [2.05, 4.69) is 164 Å². The predicted octanol–water partition coefficient (Wildman–Crippen LogP) is 14.9. The molecule has 4 heteroatoms. The fraction of sp³-hybridized carbons (Fsp3) is 0.348. The van der Waals surface area contributed by atoms with Gasteiger partial charge in [-0.2, -0.15) is 12.1 Å². The Morgan fingerprint density at radius 1 is 0.560 bits per heavy atom. The molecule has 0 N–H and O–H groups in total. The summed E-state index contributed by atoms with van der Waals surface area (Å²) in [6.45, 7) is 18.0. The van der Waals surface area contributed by atoms with Crippen LogP contribution in [0.25, 0.3) is 43.8 Å². The van der Waals surface area contributed by atoms with Gasteiger partial charge in [0.25, 0.3) is 0 Å². The number of rotatable bonds is 10. The SMILES string of the molecule is CCCc1ccccc1-c1cccc2[cH-]c(CC(C)C)cc12.CCCc1ccccc1-c1cccc2[cH-]c(CC(C)C)cc12.C[Si]C.[Cl][Zr+2][Cl]. The Labute approximate surface area is 325 Å². The van der Waals surface area contributed by atoms with Crippen LogP contribution in [0.2, 0.25) is 13.1 Å². The van der Waals surface area contributed by atoms with Crippen LogP contribution in [-0.4, -0.2) is 9.52 Å². The van der Waals surface area contributed by atoms with Crippen molar-refractivity contribution in [3.05, 3.63) is 131 Å². The molecule has 0 amide bonds. The molecule has 0 nitrogen and oxygen atoms in total. The van der Waals surface area contributed by atoms with E-state index in [1.807, 2.05) is 0 Å². The molecule has 0 saturated carbocycles. The van der Waals surface area contributed by atoms with Crippen molar-refractivity contribution in [2.75, 3.05) is 0 Å². The second-order valence-electron chi connectivity index (χ2n) is 13.9. The second-order valence-corrected chi connectivity index (χ2v) is 18.7. The van der Waals surface area contributed by atoms with Gasteiger partial charge in [0.05, 0.1) is 0 Å². The Bertz CT molecular complexity index is 1710. The van der Waals surface area contributed by atoms with Crippen molar-refractivity contribution >= 4 is 48.1 Å². The van der Waals surface area contributed by atoms with Crippen LogP contribution in [0.15, 0.2) is 109 Å². The molecule has 0 saturated heterocycles. The van der Waals surface area contributed by atoms with E-state index in [0.29, 0.717) is 11.8 Å². The van der Waals surface area contributed by atoms with Gasteiger partial charge >= 0.3 is 37.9 Å². The summed E-state index contributed by atoms with van der Waals surface area (Å²) >= 11 is -0.826. The summed E-state index contributed by atoms with van der Waals surface area (Å²) in [6, 6.07) is 40.7. The normalized spacial score (nSPS) is 10.6. The maximum atomic E-state index is 4.93. The van der Waals surface area contributed by atoms with Crippen LogP contribution in [0.3, 0.4) is 0 Å². The summed E-state index contributed by atoms with van der Waals surface area (Å²) in [5.41, 5.74) is 11.4. The Morgan fingerprint density at radius 3 is 1.24 bits per heavy atom. The predicted molar refractivity (Wildman–Crippen MR) is 224 cm³/mol. The summed E-state index contributed by atoms with van der Waals surface area (Å²) in [6.07, 6.45) is 6.98. The molecular weight excluding hydrogens is 743 g/mol. The molecule has 0 aliphatic heterocycles. The summed E-state index contributed by atoms with van der Waals surface area (Å²) in [5, 5.41) is 5.56. The quantitative estimate of drug-likeness (QED) is 0.0956. The molecule has 0 unspecified atom stereocenters. The number of halogens is 2. The Balaban J connectivity index is 0.000000234. The van der Waals surface area contributed by atoms with E-state index in [0.717, 1.165) is 35.2 Å². The van der Waals surface area contributed by atoms with Gasteiger partial charge < -0.3 is 0 Å². The van der Waals surface area contributed by atoms with Crippen molar-refractivity contribution in [2.45, 2.75) is 93.2 Å². The van der Waals surface area contributed by atoms with Crippen molar-refractivity contribution in [2.24, 2.45) is 11.8 Å². The third-order valence-electron chi connectivity index (χ3n) is 8.56. The van der Waals surface area contributed by atoms with Gasteiger partial charge in [0.1, 0.15) is 0 Å². The number of benzene rings is 4. The zero-order valence-electron chi connectivity index (χ0n) is 31.5. The molecule has 6 aromatic carbocycles. The van der Waals surface area contributed by atoms with E-state index in [-0.39, 0.29) is 0 Å². The molecule has 0 heterocycles. The summed E-state index contributed by atoms with van der Waals surface area (Å²) in [7, 11) is 11.0. The van der Waals surface area contributed by atoms with Crippen molar-refractivity contribution < 1.29 is 20.8 Å². The average molecular weight is 799 g/mol. The molecule has 0 atom stereocenters. The van der Waals surface area contributed by atoms with Crippen molar-refractivity contribution in [3.63, 3.8) is 0 Å². The molecular formula is C46H56Cl2SiZr. The fourth-order valence-corrected chi connectivity index (χ4v) is 6.78. The molecule has 6 rings (SSSR count). The topological polar surface area (TPSA) is 0 Å². The van der Waals surface area contributed by atoms with Gasteiger partial charge in [0.2, 0.25) is 0 Å². The van der Waals surface area contributed by atoms with Crippen LogP contribution in [0, 0.1) is 11.8 Å². The molecule has 2 radical (unpaired) electrons. The van der Waals surface area contributed by atoms with Gasteiger partial charge in [-0.15, -0.1) is 69.1 Å². The molecule has 0 spiro atoms. The van der Waals surface area contributed by atoms with E-state index < -0.39 is 20.8 Å². The number of aryl methyl sites for hydroxylation is 2. The molecule has 0 bridgehead atoms. The van der Waals surface area contributed by atoms with E-state index in [1.165, 1.54) is 78.9 Å². The standard InChI is InChI=1S/2C22H25.C2H6Si.2ClH.Zr/c2*1-4-8-18-9-5-6-11-20(18)21-12-7-10-19-14-17(13-16(2)3)15-22(19)21;1-3-2;;;/h2*5-7,9-12,14-16H,4,8,13H2,1-3H3;1-2H3;2*1H;/q2*-1;;;;+4/p-2. The third-order valence-corrected chi connectivity index (χ3v) is 8.56. The third kappa shape index (κ3) is 12.5. The van der Waals surface area contributed by atoms with Gasteiger partial charge in [0, 0.05) is 9.52 Å². The summed E-state index contributed by atoms with van der Waals surface area (Å²) in [4.78, 5) is 0. The second kappa shape index (κ2) is 22.7. The molecule has 0 aromatic heterocycles. The average Bonchev–Trinajstić information content (AvgIpc) is 3.69. The van der Waals surface area contributed by atoms with Crippen LogP contribution >= 0.6 is 17.0 Å². The molecule has 6 aromatic rings. The van der Waals surface area contributed by atoms with E-state index >= 15 is 0 Å². The molecule has 50 heavy (non-hydrogen) atoms. The Kier molecular flexibility index (Phi) is 19.1. The van der Waals surface area contributed by atoms with Gasteiger partial charge in [-0.1, -0.05) is 139 Å². The zero-order valence-corrected chi connectivity index (χ0v) is 36.5. The molecule has 0 fully saturated rings. The van der Waals surface area contributed by atoms with Gasteiger partial charge in [-0.3, -0.25) is 0 Å². The van der Waals surface area contributed by atoms with Crippen LogP contribution in [0.4, 0.5) is 0 Å². The molecule has 0 aliphatic rings. The van der Waals surface area contributed by atoms with Crippen molar-refractivity contribution in [3.8, 4) is 22.3 Å². The van der Waals surface area contributed by atoms with Crippen LogP contribution in [-0.2, 0) is 46.5 Å². The molecule has 0 aliphatic carbocycles. The first-order chi connectivity index (χ1) is 24.2. The summed E-state index contributed by atoms with van der Waals surface area (Å²) < 4.78 is 0. The summed E-state index contributed by atoms with van der Waals surface area (Å²) in [5.74, 6) is 1.40. The van der Waals surface area contributed by atoms with Gasteiger partial charge in [-0.25, -0.2) is 0 Å². The maximum absolute atomic E-state index is 4.93. The van der Waals surface area contributed by atoms with Crippen LogP contribution in [0.1, 0.15) is 76.6 Å². The van der Waals surface area contributed by atoms with Crippen molar-refractivity contribution in [1.82, 2.24) is 0 Å². The van der Waals surface area contributed by atoms with Gasteiger partial charge in [-0.05, 0) is 59.8 Å². The minimum absolute atomic E-state index is 0.702. The minimum atomic E-state index is -0.826. The van der Waals surface area contributed by atoms with Crippen molar-refractivity contribution in [1.29, 1.82) is 0 Å². The Hall–Kier alpha value is -2.22. The van der Waals surface area contributed by atoms with Gasteiger partial charge in [0.15, 0.2) is 0 Å². The zero-order chi connectivity index (χ0) is 36.5. The first-order valence-electron chi connectivity index (χ1n) is 18.3. The molecule has 262 valence electrons. The number of hydrogen-bond acceptors (Lipinski definition) is 0. The number of hydrogen-bond donors (Lipinski definition) is 0. The van der Waals surface area contributed by atoms with E-state index in [1.54, 1.807) is 0 Å².